The molecule has 6 heteroatoms. The molecule has 0 spiro atoms. The third-order valence-corrected chi connectivity index (χ3v) is 2.36. The van der Waals surface area contributed by atoms with Crippen molar-refractivity contribution in [2.24, 2.45) is 12.8 Å². The predicted molar refractivity (Wildman–Crippen MR) is 65.3 cm³/mol. The minimum atomic E-state index is -0.427. The number of rotatable bonds is 4. The number of hydrogen-bond donors (Lipinski definition) is 2. The Bertz CT molecular complexity index is 339. The van der Waals surface area contributed by atoms with Crippen LogP contribution in [-0.4, -0.2) is 21.7 Å². The fraction of sp³-hybridized carbons (Fsp3) is 0.600. The van der Waals surface area contributed by atoms with Gasteiger partial charge in [0.1, 0.15) is 0 Å². The molecule has 1 amide bonds. The van der Waals surface area contributed by atoms with Gasteiger partial charge in [-0.15, -0.1) is 12.4 Å². The molecule has 1 heterocycles. The number of carbonyl (C=O) groups excluding carboxylic acids is 1. The van der Waals surface area contributed by atoms with E-state index in [0.717, 1.165) is 5.56 Å². The van der Waals surface area contributed by atoms with E-state index in [9.17, 15) is 4.79 Å². The zero-order valence-corrected chi connectivity index (χ0v) is 10.6. The van der Waals surface area contributed by atoms with Crippen LogP contribution in [0.4, 0.5) is 0 Å². The summed E-state index contributed by atoms with van der Waals surface area (Å²) in [6.45, 7) is 3.80. The van der Waals surface area contributed by atoms with Crippen molar-refractivity contribution >= 4 is 18.3 Å². The first-order valence-corrected chi connectivity index (χ1v) is 5.09. The fourth-order valence-corrected chi connectivity index (χ4v) is 1.25. The maximum atomic E-state index is 11.5. The van der Waals surface area contributed by atoms with Crippen LogP contribution in [0.5, 0.6) is 0 Å². The number of hydrogen-bond acceptors (Lipinski definition) is 3. The number of halogens is 1. The van der Waals surface area contributed by atoms with Crippen LogP contribution in [0.3, 0.4) is 0 Å². The zero-order valence-electron chi connectivity index (χ0n) is 9.80. The molecule has 2 atom stereocenters. The zero-order chi connectivity index (χ0) is 11.4. The van der Waals surface area contributed by atoms with Crippen LogP contribution >= 0.6 is 12.4 Å². The Morgan fingerprint density at radius 1 is 1.69 bits per heavy atom. The van der Waals surface area contributed by atoms with Gasteiger partial charge in [0.05, 0.1) is 18.3 Å². The molecule has 0 radical (unpaired) electrons. The molecule has 0 bridgehead atoms. The largest absolute Gasteiger partial charge is 0.348 e. The van der Waals surface area contributed by atoms with Crippen molar-refractivity contribution in [3.8, 4) is 0 Å². The Kier molecular flexibility index (Phi) is 6.06. The van der Waals surface area contributed by atoms with Crippen LogP contribution in [0.2, 0.25) is 0 Å². The van der Waals surface area contributed by atoms with Gasteiger partial charge in [-0.1, -0.05) is 6.92 Å². The second-order valence-electron chi connectivity index (χ2n) is 3.69. The second-order valence-corrected chi connectivity index (χ2v) is 3.69. The SMILES string of the molecule is CC[C@H](N)C(=O)NC(C)c1cnn(C)c1.Cl. The van der Waals surface area contributed by atoms with Gasteiger partial charge in [0, 0.05) is 18.8 Å². The van der Waals surface area contributed by atoms with E-state index in [0.29, 0.717) is 6.42 Å². The van der Waals surface area contributed by atoms with Gasteiger partial charge in [0.15, 0.2) is 0 Å². The maximum absolute atomic E-state index is 11.5. The van der Waals surface area contributed by atoms with Crippen LogP contribution in [-0.2, 0) is 11.8 Å². The van der Waals surface area contributed by atoms with E-state index in [1.165, 1.54) is 0 Å². The summed E-state index contributed by atoms with van der Waals surface area (Å²) in [4.78, 5) is 11.5. The number of nitrogens with two attached hydrogens (primary N) is 1. The lowest BCUT2D eigenvalue weighted by Crippen LogP contribution is -2.41. The fourth-order valence-electron chi connectivity index (χ4n) is 1.25. The van der Waals surface area contributed by atoms with E-state index in [4.69, 9.17) is 5.73 Å². The normalized spacial score (nSPS) is 13.8. The Morgan fingerprint density at radius 2 is 2.31 bits per heavy atom. The Balaban J connectivity index is 0.00000225. The molecule has 0 fully saturated rings. The molecule has 1 aromatic heterocycles. The lowest BCUT2D eigenvalue weighted by atomic mass is 10.1. The first-order valence-electron chi connectivity index (χ1n) is 5.09. The van der Waals surface area contributed by atoms with Crippen LogP contribution in [0.15, 0.2) is 12.4 Å². The number of nitrogens with one attached hydrogen (secondary N) is 1. The molecule has 3 N–H and O–H groups in total. The van der Waals surface area contributed by atoms with E-state index in [2.05, 4.69) is 10.4 Å². The topological polar surface area (TPSA) is 72.9 Å². The number of carbonyl (C=O) groups is 1. The van der Waals surface area contributed by atoms with Crippen molar-refractivity contribution < 1.29 is 4.79 Å². The third-order valence-electron chi connectivity index (χ3n) is 2.36. The molecule has 0 saturated heterocycles. The monoisotopic (exact) mass is 246 g/mol. The standard InChI is InChI=1S/C10H18N4O.ClH/c1-4-9(11)10(15)13-7(2)8-5-12-14(3)6-8;/h5-7,9H,4,11H2,1-3H3,(H,13,15);1H/t7?,9-;/m0./s1. The summed E-state index contributed by atoms with van der Waals surface area (Å²) in [5.74, 6) is -0.117. The van der Waals surface area contributed by atoms with E-state index < -0.39 is 6.04 Å². The Morgan fingerprint density at radius 3 is 2.75 bits per heavy atom. The Hall–Kier alpha value is -1.07. The van der Waals surface area contributed by atoms with Crippen molar-refractivity contribution in [3.05, 3.63) is 18.0 Å². The molecule has 0 aromatic carbocycles. The molecule has 1 aromatic rings. The van der Waals surface area contributed by atoms with Crippen LogP contribution < -0.4 is 11.1 Å². The van der Waals surface area contributed by atoms with Crippen molar-refractivity contribution in [2.45, 2.75) is 32.4 Å². The smallest absolute Gasteiger partial charge is 0.237 e. The minimum absolute atomic E-state index is 0. The first kappa shape index (κ1) is 14.9. The quantitative estimate of drug-likeness (QED) is 0.824. The van der Waals surface area contributed by atoms with Gasteiger partial charge in [-0.05, 0) is 13.3 Å². The highest BCUT2D eigenvalue weighted by Crippen LogP contribution is 2.10. The second kappa shape index (κ2) is 6.50. The van der Waals surface area contributed by atoms with E-state index >= 15 is 0 Å². The lowest BCUT2D eigenvalue weighted by molar-refractivity contribution is -0.123. The van der Waals surface area contributed by atoms with Crippen molar-refractivity contribution in [1.29, 1.82) is 0 Å². The highest BCUT2D eigenvalue weighted by atomic mass is 35.5. The highest BCUT2D eigenvalue weighted by molar-refractivity contribution is 5.85. The molecular formula is C10H19ClN4O. The maximum Gasteiger partial charge on any atom is 0.237 e. The highest BCUT2D eigenvalue weighted by Gasteiger charge is 2.15. The predicted octanol–water partition coefficient (Wildman–Crippen LogP) is 0.756. The van der Waals surface area contributed by atoms with E-state index in [-0.39, 0.29) is 24.4 Å². The first-order chi connectivity index (χ1) is 7.04. The average molecular weight is 247 g/mol. The molecule has 1 unspecified atom stereocenters. The summed E-state index contributed by atoms with van der Waals surface area (Å²) in [7, 11) is 1.84. The van der Waals surface area contributed by atoms with Crippen LogP contribution in [0.25, 0.3) is 0 Å². The van der Waals surface area contributed by atoms with Gasteiger partial charge >= 0.3 is 0 Å². The molecule has 0 aliphatic carbocycles. The average Bonchev–Trinajstić information content (AvgIpc) is 2.63. The number of aryl methyl sites for hydroxylation is 1. The van der Waals surface area contributed by atoms with Crippen molar-refractivity contribution in [3.63, 3.8) is 0 Å². The third kappa shape index (κ3) is 3.83. The van der Waals surface area contributed by atoms with Crippen molar-refractivity contribution in [1.82, 2.24) is 15.1 Å². The van der Waals surface area contributed by atoms with Gasteiger partial charge in [0.2, 0.25) is 5.91 Å². The molecular weight excluding hydrogens is 228 g/mol. The van der Waals surface area contributed by atoms with Gasteiger partial charge < -0.3 is 11.1 Å². The van der Waals surface area contributed by atoms with Crippen LogP contribution in [0.1, 0.15) is 31.9 Å². The number of aromatic nitrogens is 2. The molecule has 5 nitrogen and oxygen atoms in total. The molecule has 16 heavy (non-hydrogen) atoms. The van der Waals surface area contributed by atoms with Gasteiger partial charge in [-0.2, -0.15) is 5.10 Å². The summed E-state index contributed by atoms with van der Waals surface area (Å²) >= 11 is 0. The Labute approximate surface area is 102 Å². The van der Waals surface area contributed by atoms with Crippen LogP contribution in [0, 0.1) is 0 Å². The van der Waals surface area contributed by atoms with Gasteiger partial charge in [-0.25, -0.2) is 0 Å². The molecule has 92 valence electrons. The summed E-state index contributed by atoms with van der Waals surface area (Å²) in [5.41, 5.74) is 6.60. The number of nitrogens with zero attached hydrogens (tertiary/aromatic N) is 2. The summed E-state index contributed by atoms with van der Waals surface area (Å²) < 4.78 is 1.71. The summed E-state index contributed by atoms with van der Waals surface area (Å²) in [6, 6.07) is -0.479. The summed E-state index contributed by atoms with van der Waals surface area (Å²) in [6.07, 6.45) is 4.26. The molecule has 0 aliphatic heterocycles. The van der Waals surface area contributed by atoms with Crippen molar-refractivity contribution in [2.75, 3.05) is 0 Å². The van der Waals surface area contributed by atoms with E-state index in [1.807, 2.05) is 27.1 Å². The minimum Gasteiger partial charge on any atom is -0.348 e. The lowest BCUT2D eigenvalue weighted by Gasteiger charge is -2.15. The number of amides is 1. The molecule has 0 aliphatic rings. The molecule has 0 saturated carbocycles. The molecule has 1 rings (SSSR count). The van der Waals surface area contributed by atoms with Gasteiger partial charge in [-0.3, -0.25) is 9.48 Å². The van der Waals surface area contributed by atoms with Gasteiger partial charge in [0.25, 0.3) is 0 Å². The van der Waals surface area contributed by atoms with E-state index in [1.54, 1.807) is 10.9 Å². The summed E-state index contributed by atoms with van der Waals surface area (Å²) in [5, 5.41) is 6.89.